The minimum atomic E-state index is -7.49. The zero-order valence-corrected chi connectivity index (χ0v) is 16.7. The Morgan fingerprint density at radius 3 is 1.33 bits per heavy atom. The smallest absolute Gasteiger partial charge is 0.381 e. The minimum Gasteiger partial charge on any atom is -0.393 e. The van der Waals surface area contributed by atoms with Crippen molar-refractivity contribution in [2.45, 2.75) is 75.1 Å². The van der Waals surface area contributed by atoms with E-state index < -0.39 is 76.1 Å². The molecule has 0 rings (SSSR count). The highest BCUT2D eigenvalue weighted by atomic mass is 28.4. The van der Waals surface area contributed by atoms with E-state index in [0.29, 0.717) is 0 Å². The van der Waals surface area contributed by atoms with E-state index in [9.17, 15) is 57.1 Å². The van der Waals surface area contributed by atoms with Gasteiger partial charge in [0.15, 0.2) is 6.17 Å². The fourth-order valence-electron chi connectivity index (χ4n) is 2.41. The van der Waals surface area contributed by atoms with Crippen LogP contribution in [0.3, 0.4) is 0 Å². The molecule has 0 fully saturated rings. The Hall–Kier alpha value is -0.773. The first-order valence-electron chi connectivity index (χ1n) is 8.35. The number of hydrogen-bond acceptors (Lipinski definition) is 2. The second-order valence-corrected chi connectivity index (χ2v) is 9.38. The summed E-state index contributed by atoms with van der Waals surface area (Å²) < 4.78 is 184. The Labute approximate surface area is 163 Å². The summed E-state index contributed by atoms with van der Waals surface area (Å²) in [6.07, 6.45) is -14.7. The highest BCUT2D eigenvalue weighted by molar-refractivity contribution is 6.69. The number of alkyl halides is 13. The summed E-state index contributed by atoms with van der Waals surface area (Å²) in [4.78, 5) is 0. The van der Waals surface area contributed by atoms with Gasteiger partial charge in [-0.05, 0) is 19.9 Å². The van der Waals surface area contributed by atoms with Gasteiger partial charge in [-0.25, -0.2) is 22.0 Å². The molecule has 0 heterocycles. The van der Waals surface area contributed by atoms with Crippen LogP contribution in [0.4, 0.5) is 57.1 Å². The molecule has 16 heteroatoms. The maximum atomic E-state index is 14.5. The highest BCUT2D eigenvalue weighted by Crippen LogP contribution is 2.57. The van der Waals surface area contributed by atoms with Crippen LogP contribution in [0.15, 0.2) is 0 Å². The Morgan fingerprint density at radius 2 is 1.03 bits per heavy atom. The molecule has 0 spiro atoms. The SMILES string of the molecule is CCO[Si](CC)(OCC)C(F)C(F)(F)C(F)(F)C(F)(F)C(F)(F)C(F)C(F)C(F)F. The summed E-state index contributed by atoms with van der Waals surface area (Å²) in [7, 11) is -5.09. The molecule has 0 aliphatic carbocycles. The van der Waals surface area contributed by atoms with Crippen LogP contribution in [-0.4, -0.2) is 70.0 Å². The van der Waals surface area contributed by atoms with Gasteiger partial charge in [-0.1, -0.05) is 6.92 Å². The van der Waals surface area contributed by atoms with Gasteiger partial charge < -0.3 is 8.85 Å². The van der Waals surface area contributed by atoms with Crippen molar-refractivity contribution in [3.63, 3.8) is 0 Å². The van der Waals surface area contributed by atoms with Gasteiger partial charge in [0.2, 0.25) is 12.0 Å². The minimum absolute atomic E-state index is 0.612. The van der Waals surface area contributed by atoms with Crippen LogP contribution in [0.5, 0.6) is 0 Å². The third kappa shape index (κ3) is 4.68. The van der Waals surface area contributed by atoms with Gasteiger partial charge in [0.1, 0.15) is 0 Å². The van der Waals surface area contributed by atoms with Crippen LogP contribution in [0, 0.1) is 0 Å². The van der Waals surface area contributed by atoms with Crippen LogP contribution in [0.2, 0.25) is 6.04 Å². The summed E-state index contributed by atoms with van der Waals surface area (Å²) in [6, 6.07) is -0.854. The van der Waals surface area contributed by atoms with Crippen LogP contribution in [-0.2, 0) is 8.85 Å². The lowest BCUT2D eigenvalue weighted by atomic mass is 9.94. The quantitative estimate of drug-likeness (QED) is 0.235. The molecule has 0 aromatic carbocycles. The molecule has 0 amide bonds. The monoisotopic (exact) mass is 494 g/mol. The molecular weight excluding hydrogens is 475 g/mol. The maximum Gasteiger partial charge on any atom is 0.381 e. The molecule has 3 unspecified atom stereocenters. The summed E-state index contributed by atoms with van der Waals surface area (Å²) in [6.45, 7) is 1.86. The van der Waals surface area contributed by atoms with Crippen LogP contribution in [0.25, 0.3) is 0 Å². The van der Waals surface area contributed by atoms with E-state index in [4.69, 9.17) is 0 Å². The standard InChI is InChI=1S/C14H19F13O2Si/c1-4-28-30(6-3,29-5-2)10(19)12(22,23)14(26,27)13(24,25)11(20,21)8(16)7(15)9(17)18/h7-10H,4-6H2,1-3H3. The molecule has 2 nitrogen and oxygen atoms in total. The van der Waals surface area contributed by atoms with Crippen molar-refractivity contribution in [3.05, 3.63) is 0 Å². The third-order valence-electron chi connectivity index (χ3n) is 4.07. The zero-order valence-electron chi connectivity index (χ0n) is 15.7. The van der Waals surface area contributed by atoms with Crippen molar-refractivity contribution in [1.82, 2.24) is 0 Å². The van der Waals surface area contributed by atoms with E-state index in [2.05, 4.69) is 8.85 Å². The number of rotatable bonds is 13. The lowest BCUT2D eigenvalue weighted by molar-refractivity contribution is -0.384. The third-order valence-corrected chi connectivity index (χ3v) is 7.75. The molecular formula is C14H19F13O2Si. The van der Waals surface area contributed by atoms with Crippen molar-refractivity contribution in [2.75, 3.05) is 13.2 Å². The van der Waals surface area contributed by atoms with Crippen LogP contribution in [0.1, 0.15) is 20.8 Å². The largest absolute Gasteiger partial charge is 0.393 e. The van der Waals surface area contributed by atoms with Crippen molar-refractivity contribution < 1.29 is 65.9 Å². The van der Waals surface area contributed by atoms with Gasteiger partial charge in [0.25, 0.3) is 6.43 Å². The molecule has 0 aliphatic rings. The van der Waals surface area contributed by atoms with Gasteiger partial charge >= 0.3 is 32.3 Å². The average Bonchev–Trinajstić information content (AvgIpc) is 2.64. The fourth-order valence-corrected chi connectivity index (χ4v) is 5.27. The van der Waals surface area contributed by atoms with E-state index in [1.165, 1.54) is 0 Å². The Morgan fingerprint density at radius 1 is 0.667 bits per heavy atom. The van der Waals surface area contributed by atoms with Gasteiger partial charge in [-0.15, -0.1) is 0 Å². The molecule has 0 saturated heterocycles. The summed E-state index contributed by atoms with van der Waals surface area (Å²) in [5.74, 6) is -32.9. The molecule has 0 aliphatic heterocycles. The normalized spacial score (nSPS) is 17.9. The lowest BCUT2D eigenvalue weighted by Gasteiger charge is -2.42. The maximum absolute atomic E-state index is 14.5. The van der Waals surface area contributed by atoms with Crippen molar-refractivity contribution in [1.29, 1.82) is 0 Å². The molecule has 3 atom stereocenters. The summed E-state index contributed by atoms with van der Waals surface area (Å²) in [5.41, 5.74) is 0. The molecule has 0 bridgehead atoms. The molecule has 0 saturated carbocycles. The summed E-state index contributed by atoms with van der Waals surface area (Å²) in [5, 5.41) is 0. The Kier molecular flexibility index (Phi) is 9.54. The molecule has 182 valence electrons. The Balaban J connectivity index is 6.39. The van der Waals surface area contributed by atoms with Crippen molar-refractivity contribution in [2.24, 2.45) is 0 Å². The van der Waals surface area contributed by atoms with Gasteiger partial charge in [0, 0.05) is 13.2 Å². The van der Waals surface area contributed by atoms with E-state index in [-0.39, 0.29) is 0 Å². The summed E-state index contributed by atoms with van der Waals surface area (Å²) >= 11 is 0. The molecule has 0 N–H and O–H groups in total. The van der Waals surface area contributed by atoms with Gasteiger partial charge in [-0.2, -0.15) is 35.1 Å². The molecule has 0 radical (unpaired) electrons. The predicted octanol–water partition coefficient (Wildman–Crippen LogP) is 5.88. The predicted molar refractivity (Wildman–Crippen MR) is 80.0 cm³/mol. The van der Waals surface area contributed by atoms with Crippen molar-refractivity contribution in [3.8, 4) is 0 Å². The number of hydrogen-bond donors (Lipinski definition) is 0. The first-order chi connectivity index (χ1) is 13.4. The Bertz CT molecular complexity index is 540. The zero-order chi connectivity index (χ0) is 24.3. The molecule has 0 aromatic heterocycles. The van der Waals surface area contributed by atoms with E-state index in [1.807, 2.05) is 0 Å². The second kappa shape index (κ2) is 9.79. The second-order valence-electron chi connectivity index (χ2n) is 5.97. The highest BCUT2D eigenvalue weighted by Gasteiger charge is 2.86. The molecule has 0 aromatic rings. The first kappa shape index (κ1) is 29.2. The van der Waals surface area contributed by atoms with E-state index >= 15 is 0 Å². The van der Waals surface area contributed by atoms with Gasteiger partial charge in [0.05, 0.1) is 0 Å². The van der Waals surface area contributed by atoms with Crippen molar-refractivity contribution >= 4 is 8.56 Å². The lowest BCUT2D eigenvalue weighted by Crippen LogP contribution is -2.72. The van der Waals surface area contributed by atoms with E-state index in [1.54, 1.807) is 0 Å². The van der Waals surface area contributed by atoms with Crippen LogP contribution < -0.4 is 0 Å². The van der Waals surface area contributed by atoms with Crippen LogP contribution >= 0.6 is 0 Å². The first-order valence-corrected chi connectivity index (χ1v) is 10.4. The fraction of sp³-hybridized carbons (Fsp3) is 1.00. The molecule has 30 heavy (non-hydrogen) atoms. The van der Waals surface area contributed by atoms with E-state index in [0.717, 1.165) is 20.8 Å². The average molecular weight is 494 g/mol. The number of halogens is 13. The topological polar surface area (TPSA) is 18.5 Å². The van der Waals surface area contributed by atoms with Gasteiger partial charge in [-0.3, -0.25) is 0 Å².